The molecule has 0 unspecified atom stereocenters. The Kier molecular flexibility index (Phi) is 6.60. The van der Waals surface area contributed by atoms with Crippen molar-refractivity contribution in [1.29, 1.82) is 5.26 Å². The number of amides is 3. The zero-order chi connectivity index (χ0) is 24.9. The van der Waals surface area contributed by atoms with Crippen LogP contribution in [0, 0.1) is 11.3 Å². The number of nitrogens with one attached hydrogen (secondary N) is 2. The van der Waals surface area contributed by atoms with Crippen LogP contribution in [0.15, 0.2) is 78.5 Å². The van der Waals surface area contributed by atoms with Crippen LogP contribution in [0.2, 0.25) is 0 Å². The molecule has 4 rings (SSSR count). The van der Waals surface area contributed by atoms with Gasteiger partial charge in [0.2, 0.25) is 5.91 Å². The highest BCUT2D eigenvalue weighted by atomic mass is 16.5. The molecule has 2 N–H and O–H groups in total. The topological polar surface area (TPSA) is 112 Å². The van der Waals surface area contributed by atoms with Gasteiger partial charge in [0.05, 0.1) is 35.2 Å². The molecule has 35 heavy (non-hydrogen) atoms. The van der Waals surface area contributed by atoms with Crippen molar-refractivity contribution in [1.82, 2.24) is 0 Å². The summed E-state index contributed by atoms with van der Waals surface area (Å²) in [6.45, 7) is 3.69. The Bertz CT molecular complexity index is 1370. The van der Waals surface area contributed by atoms with Gasteiger partial charge < -0.3 is 15.4 Å². The number of ether oxygens (including phenoxy) is 1. The number of anilines is 3. The van der Waals surface area contributed by atoms with Gasteiger partial charge >= 0.3 is 0 Å². The monoisotopic (exact) mass is 466 g/mol. The highest BCUT2D eigenvalue weighted by molar-refractivity contribution is 6.46. The average Bonchev–Trinajstić information content (AvgIpc) is 3.10. The number of imide groups is 1. The lowest BCUT2D eigenvalue weighted by atomic mass is 10.0. The molecule has 1 aliphatic heterocycles. The second-order valence-electron chi connectivity index (χ2n) is 7.67. The third-order valence-electron chi connectivity index (χ3n) is 5.28. The third-order valence-corrected chi connectivity index (χ3v) is 5.28. The van der Waals surface area contributed by atoms with Gasteiger partial charge in [-0.05, 0) is 61.0 Å². The first kappa shape index (κ1) is 23.3. The Balaban J connectivity index is 1.79. The molecule has 8 heteroatoms. The molecule has 0 bridgehead atoms. The van der Waals surface area contributed by atoms with Gasteiger partial charge in [-0.3, -0.25) is 14.4 Å². The second-order valence-corrected chi connectivity index (χ2v) is 7.67. The van der Waals surface area contributed by atoms with E-state index < -0.39 is 11.8 Å². The fourth-order valence-electron chi connectivity index (χ4n) is 3.74. The molecule has 0 fully saturated rings. The van der Waals surface area contributed by atoms with Crippen molar-refractivity contribution in [2.75, 3.05) is 22.1 Å². The van der Waals surface area contributed by atoms with Crippen molar-refractivity contribution < 1.29 is 19.1 Å². The number of para-hydroxylation sites is 2. The summed E-state index contributed by atoms with van der Waals surface area (Å²) in [5.41, 5.74) is 2.65. The Morgan fingerprint density at radius 1 is 0.971 bits per heavy atom. The standard InChI is InChI=1S/C27H22N4O4/c1-3-35-23-7-5-4-6-22(23)30-25-24(19-10-12-20(13-11-19)29-17(2)32)26(33)31(27(25)34)21-14-8-18(16-28)9-15-21/h4-15,30H,3H2,1-2H3,(H,29,32). The van der Waals surface area contributed by atoms with Crippen molar-refractivity contribution in [2.24, 2.45) is 0 Å². The van der Waals surface area contributed by atoms with Gasteiger partial charge in [0.15, 0.2) is 0 Å². The Hall–Kier alpha value is -4.90. The first-order valence-corrected chi connectivity index (χ1v) is 10.9. The predicted octanol–water partition coefficient (Wildman–Crippen LogP) is 4.31. The fourth-order valence-corrected chi connectivity index (χ4v) is 3.74. The molecule has 0 atom stereocenters. The van der Waals surface area contributed by atoms with Gasteiger partial charge in [-0.15, -0.1) is 0 Å². The van der Waals surface area contributed by atoms with Crippen LogP contribution >= 0.6 is 0 Å². The molecule has 0 saturated carbocycles. The molecule has 1 heterocycles. The van der Waals surface area contributed by atoms with Gasteiger partial charge in [0, 0.05) is 12.6 Å². The van der Waals surface area contributed by atoms with Crippen molar-refractivity contribution in [2.45, 2.75) is 13.8 Å². The number of nitriles is 1. The molecule has 0 spiro atoms. The highest BCUT2D eigenvalue weighted by Crippen LogP contribution is 2.36. The maximum atomic E-state index is 13.6. The first-order valence-electron chi connectivity index (χ1n) is 10.9. The van der Waals surface area contributed by atoms with Crippen LogP contribution in [0.25, 0.3) is 5.57 Å². The summed E-state index contributed by atoms with van der Waals surface area (Å²) >= 11 is 0. The summed E-state index contributed by atoms with van der Waals surface area (Å²) in [4.78, 5) is 39.6. The van der Waals surface area contributed by atoms with Crippen molar-refractivity contribution in [3.8, 4) is 11.8 Å². The minimum absolute atomic E-state index is 0.0961. The number of rotatable bonds is 7. The van der Waals surface area contributed by atoms with Crippen LogP contribution in [0.4, 0.5) is 17.1 Å². The van der Waals surface area contributed by atoms with Crippen LogP contribution in [0.1, 0.15) is 25.0 Å². The van der Waals surface area contributed by atoms with Gasteiger partial charge in [-0.2, -0.15) is 5.26 Å². The molecule has 3 aromatic carbocycles. The molecule has 0 aliphatic carbocycles. The second kappa shape index (κ2) is 9.93. The molecule has 1 aliphatic rings. The quantitative estimate of drug-likeness (QED) is 0.502. The molecule has 8 nitrogen and oxygen atoms in total. The van der Waals surface area contributed by atoms with Gasteiger partial charge in [0.25, 0.3) is 11.8 Å². The van der Waals surface area contributed by atoms with E-state index in [1.165, 1.54) is 6.92 Å². The lowest BCUT2D eigenvalue weighted by Crippen LogP contribution is -2.32. The summed E-state index contributed by atoms with van der Waals surface area (Å²) in [7, 11) is 0. The molecule has 0 aromatic heterocycles. The maximum Gasteiger partial charge on any atom is 0.282 e. The third kappa shape index (κ3) is 4.75. The van der Waals surface area contributed by atoms with E-state index in [4.69, 9.17) is 10.00 Å². The largest absolute Gasteiger partial charge is 0.492 e. The van der Waals surface area contributed by atoms with E-state index in [1.807, 2.05) is 19.1 Å². The summed E-state index contributed by atoms with van der Waals surface area (Å²) < 4.78 is 5.67. The number of carbonyl (C=O) groups excluding carboxylic acids is 3. The van der Waals surface area contributed by atoms with E-state index in [2.05, 4.69) is 10.6 Å². The summed E-state index contributed by atoms with van der Waals surface area (Å²) in [5.74, 6) is -0.721. The zero-order valence-corrected chi connectivity index (χ0v) is 19.2. The number of carbonyl (C=O) groups is 3. The van der Waals surface area contributed by atoms with Crippen LogP contribution < -0.4 is 20.3 Å². The summed E-state index contributed by atoms with van der Waals surface area (Å²) in [5, 5.41) is 14.9. The van der Waals surface area contributed by atoms with Crippen molar-refractivity contribution >= 4 is 40.4 Å². The Labute approximate surface area is 202 Å². The van der Waals surface area contributed by atoms with Gasteiger partial charge in [0.1, 0.15) is 11.4 Å². The Morgan fingerprint density at radius 3 is 2.29 bits per heavy atom. The summed E-state index contributed by atoms with van der Waals surface area (Å²) in [6, 6.07) is 22.1. The Morgan fingerprint density at radius 2 is 1.66 bits per heavy atom. The van der Waals surface area contributed by atoms with Crippen molar-refractivity contribution in [3.63, 3.8) is 0 Å². The molecule has 3 aromatic rings. The lowest BCUT2D eigenvalue weighted by Gasteiger charge is -2.16. The molecule has 174 valence electrons. The molecular formula is C27H22N4O4. The molecule has 3 amide bonds. The lowest BCUT2D eigenvalue weighted by molar-refractivity contribution is -0.120. The minimum Gasteiger partial charge on any atom is -0.492 e. The van der Waals surface area contributed by atoms with Crippen molar-refractivity contribution in [3.05, 3.63) is 89.6 Å². The van der Waals surface area contributed by atoms with E-state index in [0.717, 1.165) is 4.90 Å². The van der Waals surface area contributed by atoms with Crippen LogP contribution in [0.3, 0.4) is 0 Å². The number of nitrogens with zero attached hydrogens (tertiary/aromatic N) is 2. The molecule has 0 radical (unpaired) electrons. The fraction of sp³-hybridized carbons (Fsp3) is 0.111. The van der Waals surface area contributed by atoms with E-state index in [0.29, 0.717) is 40.5 Å². The number of hydrogen-bond donors (Lipinski definition) is 2. The highest BCUT2D eigenvalue weighted by Gasteiger charge is 2.40. The number of benzene rings is 3. The maximum absolute atomic E-state index is 13.6. The zero-order valence-electron chi connectivity index (χ0n) is 19.2. The predicted molar refractivity (Wildman–Crippen MR) is 133 cm³/mol. The van der Waals surface area contributed by atoms with Gasteiger partial charge in [-0.25, -0.2) is 4.90 Å². The SMILES string of the molecule is CCOc1ccccc1NC1=C(c2ccc(NC(C)=O)cc2)C(=O)N(c2ccc(C#N)cc2)C1=O. The average molecular weight is 466 g/mol. The molecule has 0 saturated heterocycles. The van der Waals surface area contributed by atoms with Crippen LogP contribution in [0.5, 0.6) is 5.75 Å². The van der Waals surface area contributed by atoms with E-state index >= 15 is 0 Å². The van der Waals surface area contributed by atoms with E-state index in [-0.39, 0.29) is 17.2 Å². The minimum atomic E-state index is -0.535. The normalized spacial score (nSPS) is 13.0. The smallest absolute Gasteiger partial charge is 0.282 e. The van der Waals surface area contributed by atoms with Crippen LogP contribution in [-0.4, -0.2) is 24.3 Å². The first-order chi connectivity index (χ1) is 16.9. The summed E-state index contributed by atoms with van der Waals surface area (Å²) in [6.07, 6.45) is 0. The molecular weight excluding hydrogens is 444 g/mol. The number of hydrogen-bond acceptors (Lipinski definition) is 6. The van der Waals surface area contributed by atoms with Crippen LogP contribution in [-0.2, 0) is 14.4 Å². The van der Waals surface area contributed by atoms with Gasteiger partial charge in [-0.1, -0.05) is 24.3 Å². The van der Waals surface area contributed by atoms with E-state index in [9.17, 15) is 14.4 Å². The van der Waals surface area contributed by atoms with E-state index in [1.54, 1.807) is 66.7 Å².